The molecule has 1 rings (SSSR count). The Hall–Kier alpha value is -2.51. The molecule has 6 nitrogen and oxygen atoms in total. The van der Waals surface area contributed by atoms with Crippen LogP contribution in [-0.2, 0) is 6.42 Å². The minimum Gasteiger partial charge on any atom is -0.366 e. The van der Waals surface area contributed by atoms with Gasteiger partial charge in [0.05, 0.1) is 18.1 Å². The second kappa shape index (κ2) is 5.64. The second-order valence-corrected chi connectivity index (χ2v) is 3.29. The molecule has 0 aliphatic carbocycles. The molecule has 0 amide bonds. The maximum absolute atomic E-state index is 12.7. The number of pyridine rings is 1. The van der Waals surface area contributed by atoms with Gasteiger partial charge >= 0.3 is 18.1 Å². The van der Waals surface area contributed by atoms with Gasteiger partial charge in [0.2, 0.25) is 0 Å². The Bertz CT molecular complexity index is 567. The molecule has 0 bridgehead atoms. The molecule has 0 saturated heterocycles. The first kappa shape index (κ1) is 15.5. The normalized spacial score (nSPS) is 11.2. The monoisotopic (exact) mass is 297 g/mol. The van der Waals surface area contributed by atoms with E-state index in [2.05, 4.69) is 9.72 Å². The largest absolute Gasteiger partial charge is 0.575 e. The fourth-order valence-electron chi connectivity index (χ4n) is 1.29. The summed E-state index contributed by atoms with van der Waals surface area (Å²) in [4.78, 5) is 12.1. The highest BCUT2D eigenvalue weighted by Gasteiger charge is 2.37. The number of aromatic nitrogens is 1. The molecule has 1 aromatic rings. The SMILES string of the molecule is N#CCc1c(C(F)F)cc([N+](=O)[O-])nc1OC(F)(F)F. The van der Waals surface area contributed by atoms with Gasteiger partial charge in [-0.1, -0.05) is 0 Å². The Balaban J connectivity index is 3.51. The van der Waals surface area contributed by atoms with E-state index in [-0.39, 0.29) is 0 Å². The molecule has 0 atom stereocenters. The molecule has 1 heterocycles. The predicted octanol–water partition coefficient (Wildman–Crippen LogP) is 2.89. The van der Waals surface area contributed by atoms with Crippen molar-refractivity contribution in [2.24, 2.45) is 0 Å². The smallest absolute Gasteiger partial charge is 0.366 e. The lowest BCUT2D eigenvalue weighted by molar-refractivity contribution is -0.390. The predicted molar refractivity (Wildman–Crippen MR) is 51.8 cm³/mol. The van der Waals surface area contributed by atoms with Crippen LogP contribution in [0.25, 0.3) is 0 Å². The van der Waals surface area contributed by atoms with Crippen molar-refractivity contribution >= 4 is 5.82 Å². The van der Waals surface area contributed by atoms with Crippen molar-refractivity contribution in [2.45, 2.75) is 19.2 Å². The van der Waals surface area contributed by atoms with E-state index in [1.54, 1.807) is 0 Å². The molecule has 0 saturated carbocycles. The van der Waals surface area contributed by atoms with Gasteiger partial charge in [-0.05, 0) is 4.92 Å². The molecule has 1 aromatic heterocycles. The Morgan fingerprint density at radius 2 is 2.10 bits per heavy atom. The number of nitriles is 1. The van der Waals surface area contributed by atoms with Crippen LogP contribution in [0.5, 0.6) is 5.88 Å². The lowest BCUT2D eigenvalue weighted by atomic mass is 10.1. The van der Waals surface area contributed by atoms with Crippen molar-refractivity contribution in [3.63, 3.8) is 0 Å². The van der Waals surface area contributed by atoms with Crippen LogP contribution in [0.1, 0.15) is 17.6 Å². The van der Waals surface area contributed by atoms with Crippen LogP contribution < -0.4 is 4.74 Å². The fraction of sp³-hybridized carbons (Fsp3) is 0.333. The summed E-state index contributed by atoms with van der Waals surface area (Å²) in [5.74, 6) is -2.66. The van der Waals surface area contributed by atoms with Gasteiger partial charge < -0.3 is 14.9 Å². The summed E-state index contributed by atoms with van der Waals surface area (Å²) in [6.45, 7) is 0. The highest BCUT2D eigenvalue weighted by Crippen LogP contribution is 2.34. The zero-order chi connectivity index (χ0) is 15.5. The average molecular weight is 297 g/mol. The molecule has 11 heteroatoms. The van der Waals surface area contributed by atoms with E-state index in [1.807, 2.05) is 0 Å². The van der Waals surface area contributed by atoms with Crippen LogP contribution in [0, 0.1) is 21.4 Å². The Kier molecular flexibility index (Phi) is 4.38. The number of ether oxygens (including phenoxy) is 1. The van der Waals surface area contributed by atoms with E-state index in [4.69, 9.17) is 5.26 Å². The minimum atomic E-state index is -5.29. The van der Waals surface area contributed by atoms with Crippen LogP contribution >= 0.6 is 0 Å². The van der Waals surface area contributed by atoms with Gasteiger partial charge in [0.1, 0.15) is 0 Å². The first-order valence-corrected chi connectivity index (χ1v) is 4.74. The van der Waals surface area contributed by atoms with Crippen LogP contribution in [-0.4, -0.2) is 16.3 Å². The van der Waals surface area contributed by atoms with Crippen molar-refractivity contribution < 1.29 is 31.6 Å². The molecule has 108 valence electrons. The van der Waals surface area contributed by atoms with Crippen molar-refractivity contribution in [1.29, 1.82) is 5.26 Å². The van der Waals surface area contributed by atoms with Crippen molar-refractivity contribution in [3.05, 3.63) is 27.3 Å². The minimum absolute atomic E-state index is 0.306. The van der Waals surface area contributed by atoms with Gasteiger partial charge in [-0.2, -0.15) is 5.26 Å². The van der Waals surface area contributed by atoms with Crippen LogP contribution in [0.15, 0.2) is 6.07 Å². The van der Waals surface area contributed by atoms with Gasteiger partial charge in [0, 0.05) is 16.6 Å². The molecule has 0 spiro atoms. The third-order valence-corrected chi connectivity index (χ3v) is 2.00. The molecular weight excluding hydrogens is 293 g/mol. The second-order valence-electron chi connectivity index (χ2n) is 3.29. The summed E-state index contributed by atoms with van der Waals surface area (Å²) < 4.78 is 65.2. The standard InChI is InChI=1S/C9H4F5N3O3/c10-7(11)5-3-6(17(18)19)16-8(4(5)1-2-15)20-9(12,13)14/h3,7H,1H2. The molecular formula is C9H4F5N3O3. The van der Waals surface area contributed by atoms with E-state index in [0.717, 1.165) is 0 Å². The highest BCUT2D eigenvalue weighted by atomic mass is 19.4. The Morgan fingerprint density at radius 3 is 2.50 bits per heavy atom. The summed E-state index contributed by atoms with van der Waals surface area (Å²) in [7, 11) is 0. The first-order valence-electron chi connectivity index (χ1n) is 4.74. The number of nitrogens with zero attached hydrogens (tertiary/aromatic N) is 3. The van der Waals surface area contributed by atoms with Gasteiger partial charge in [0.15, 0.2) is 0 Å². The van der Waals surface area contributed by atoms with E-state index < -0.39 is 47.0 Å². The van der Waals surface area contributed by atoms with Gasteiger partial charge in [-0.15, -0.1) is 13.2 Å². The van der Waals surface area contributed by atoms with Crippen LogP contribution in [0.3, 0.4) is 0 Å². The molecule has 0 aliphatic heterocycles. The maximum atomic E-state index is 12.7. The number of hydrogen-bond acceptors (Lipinski definition) is 5. The molecule has 0 aromatic carbocycles. The van der Waals surface area contributed by atoms with Crippen molar-refractivity contribution in [2.75, 3.05) is 0 Å². The number of halogens is 5. The number of alkyl halides is 5. The summed E-state index contributed by atoms with van der Waals surface area (Å²) in [5, 5.41) is 18.9. The molecule has 0 fully saturated rings. The summed E-state index contributed by atoms with van der Waals surface area (Å²) in [6.07, 6.45) is -9.47. The maximum Gasteiger partial charge on any atom is 0.575 e. The van der Waals surface area contributed by atoms with E-state index in [1.165, 1.54) is 6.07 Å². The number of nitro groups is 1. The van der Waals surface area contributed by atoms with E-state index in [0.29, 0.717) is 6.07 Å². The Morgan fingerprint density at radius 1 is 1.50 bits per heavy atom. The third kappa shape index (κ3) is 3.74. The summed E-state index contributed by atoms with van der Waals surface area (Å²) in [6, 6.07) is 1.67. The van der Waals surface area contributed by atoms with Gasteiger partial charge in [0.25, 0.3) is 6.43 Å². The third-order valence-electron chi connectivity index (χ3n) is 2.00. The molecule has 20 heavy (non-hydrogen) atoms. The molecule has 0 N–H and O–H groups in total. The van der Waals surface area contributed by atoms with Crippen molar-refractivity contribution in [1.82, 2.24) is 4.98 Å². The van der Waals surface area contributed by atoms with Crippen molar-refractivity contribution in [3.8, 4) is 11.9 Å². The van der Waals surface area contributed by atoms with Crippen LogP contribution in [0.4, 0.5) is 27.8 Å². The summed E-state index contributed by atoms with van der Waals surface area (Å²) >= 11 is 0. The quantitative estimate of drug-likeness (QED) is 0.484. The zero-order valence-electron chi connectivity index (χ0n) is 9.32. The van der Waals surface area contributed by atoms with E-state index in [9.17, 15) is 32.1 Å². The lowest BCUT2D eigenvalue weighted by Crippen LogP contribution is -2.20. The Labute approximate surface area is 107 Å². The molecule has 0 radical (unpaired) electrons. The number of hydrogen-bond donors (Lipinski definition) is 0. The lowest BCUT2D eigenvalue weighted by Gasteiger charge is -2.11. The fourth-order valence-corrected chi connectivity index (χ4v) is 1.29. The zero-order valence-corrected chi connectivity index (χ0v) is 9.32. The highest BCUT2D eigenvalue weighted by molar-refractivity contribution is 5.43. The van der Waals surface area contributed by atoms with E-state index >= 15 is 0 Å². The van der Waals surface area contributed by atoms with Gasteiger partial charge in [-0.25, -0.2) is 8.78 Å². The van der Waals surface area contributed by atoms with Crippen LogP contribution in [0.2, 0.25) is 0 Å². The number of rotatable bonds is 4. The molecule has 0 unspecified atom stereocenters. The van der Waals surface area contributed by atoms with Gasteiger partial charge in [-0.3, -0.25) is 0 Å². The topological polar surface area (TPSA) is 89.0 Å². The summed E-state index contributed by atoms with van der Waals surface area (Å²) in [5.41, 5.74) is -1.95. The average Bonchev–Trinajstić information content (AvgIpc) is 2.28. The first-order chi connectivity index (χ1) is 9.15. The molecule has 0 aliphatic rings.